The van der Waals surface area contributed by atoms with Gasteiger partial charge in [0.05, 0.1) is 0 Å². The van der Waals surface area contributed by atoms with Crippen molar-refractivity contribution in [2.75, 3.05) is 39.3 Å². The Hall–Kier alpha value is -0.100. The van der Waals surface area contributed by atoms with Crippen LogP contribution in [0.2, 0.25) is 0 Å². The van der Waals surface area contributed by atoms with E-state index in [2.05, 4.69) is 61.5 Å². The van der Waals surface area contributed by atoms with Gasteiger partial charge in [-0.3, -0.25) is 14.7 Å². The Morgan fingerprint density at radius 1 is 0.846 bits per heavy atom. The molecule has 0 unspecified atom stereocenters. The Labute approximate surface area is 182 Å². The van der Waals surface area contributed by atoms with E-state index in [0.29, 0.717) is 17.8 Å². The van der Waals surface area contributed by atoms with Gasteiger partial charge >= 0.3 is 0 Å². The molecule has 0 spiro atoms. The maximum absolute atomic E-state index is 10.5. The number of phenolic OH excluding ortho intramolecular Hbond substituents is 1. The molecule has 0 atom stereocenters. The fourth-order valence-corrected chi connectivity index (χ4v) is 3.73. The van der Waals surface area contributed by atoms with E-state index < -0.39 is 0 Å². The van der Waals surface area contributed by atoms with E-state index in [1.165, 1.54) is 5.56 Å². The Morgan fingerprint density at radius 3 is 1.77 bits per heavy atom. The van der Waals surface area contributed by atoms with Crippen LogP contribution in [-0.2, 0) is 6.54 Å². The van der Waals surface area contributed by atoms with E-state index in [1.54, 1.807) is 0 Å². The van der Waals surface area contributed by atoms with Gasteiger partial charge in [-0.25, -0.2) is 0 Å². The average Bonchev–Trinajstić information content (AvgIpc) is 2.62. The molecule has 1 aromatic carbocycles. The van der Waals surface area contributed by atoms with Crippen LogP contribution in [0.15, 0.2) is 12.1 Å². The summed E-state index contributed by atoms with van der Waals surface area (Å²) < 4.78 is 0. The van der Waals surface area contributed by atoms with Crippen LogP contribution >= 0.6 is 0 Å². The third-order valence-corrected chi connectivity index (χ3v) is 5.46. The fraction of sp³-hybridized carbons (Fsp3) is 0.714. The minimum absolute atomic E-state index is 0. The summed E-state index contributed by atoms with van der Waals surface area (Å²) in [4.78, 5) is 7.66. The van der Waals surface area contributed by atoms with Gasteiger partial charge in [0.1, 0.15) is 5.75 Å². The first kappa shape index (κ1) is 23.9. The molecule has 4 nitrogen and oxygen atoms in total. The van der Waals surface area contributed by atoms with Crippen molar-refractivity contribution in [3.63, 3.8) is 0 Å². The van der Waals surface area contributed by atoms with Crippen molar-refractivity contribution in [3.05, 3.63) is 28.8 Å². The fourth-order valence-electron chi connectivity index (χ4n) is 3.73. The molecular formula is C21H37N3NaO. The third-order valence-electron chi connectivity index (χ3n) is 5.46. The van der Waals surface area contributed by atoms with E-state index in [4.69, 9.17) is 0 Å². The van der Waals surface area contributed by atoms with Crippen LogP contribution in [-0.4, -0.2) is 101 Å². The topological polar surface area (TPSA) is 30.0 Å². The van der Waals surface area contributed by atoms with Crippen molar-refractivity contribution in [2.24, 2.45) is 0 Å². The Morgan fingerprint density at radius 2 is 1.31 bits per heavy atom. The molecule has 1 N–H and O–H groups in total. The van der Waals surface area contributed by atoms with Crippen LogP contribution in [0.3, 0.4) is 0 Å². The smallest absolute Gasteiger partial charge is 0.122 e. The predicted molar refractivity (Wildman–Crippen MR) is 112 cm³/mol. The number of hydrogen-bond donors (Lipinski definition) is 1. The average molecular weight is 371 g/mol. The van der Waals surface area contributed by atoms with Crippen molar-refractivity contribution >= 4 is 29.6 Å². The Kier molecular flexibility index (Phi) is 10.2. The maximum atomic E-state index is 10.5. The van der Waals surface area contributed by atoms with Crippen molar-refractivity contribution < 1.29 is 5.11 Å². The van der Waals surface area contributed by atoms with Gasteiger partial charge in [-0.2, -0.15) is 0 Å². The maximum Gasteiger partial charge on any atom is 0.122 e. The van der Waals surface area contributed by atoms with Crippen LogP contribution in [0, 0.1) is 13.8 Å². The molecule has 143 valence electrons. The number of aryl methyl sites for hydroxylation is 2. The summed E-state index contributed by atoms with van der Waals surface area (Å²) in [6.07, 6.45) is 0. The van der Waals surface area contributed by atoms with Crippen LogP contribution < -0.4 is 0 Å². The summed E-state index contributed by atoms with van der Waals surface area (Å²) in [6.45, 7) is 20.6. The van der Waals surface area contributed by atoms with E-state index in [1.807, 2.05) is 6.92 Å². The van der Waals surface area contributed by atoms with Crippen LogP contribution in [0.4, 0.5) is 0 Å². The van der Waals surface area contributed by atoms with Gasteiger partial charge in [0.25, 0.3) is 0 Å². The second kappa shape index (κ2) is 11.0. The second-order valence-corrected chi connectivity index (χ2v) is 8.13. The summed E-state index contributed by atoms with van der Waals surface area (Å²) in [5.74, 6) is 0.465. The Balaban J connectivity index is 0.00000338. The van der Waals surface area contributed by atoms with Gasteiger partial charge in [0.2, 0.25) is 0 Å². The molecule has 1 aliphatic rings. The van der Waals surface area contributed by atoms with Crippen molar-refractivity contribution in [2.45, 2.75) is 60.2 Å². The van der Waals surface area contributed by atoms with Crippen molar-refractivity contribution in [3.8, 4) is 5.75 Å². The zero-order valence-electron chi connectivity index (χ0n) is 18.0. The zero-order valence-corrected chi connectivity index (χ0v) is 20.0. The molecule has 26 heavy (non-hydrogen) atoms. The van der Waals surface area contributed by atoms with Crippen molar-refractivity contribution in [1.82, 2.24) is 14.7 Å². The quantitative estimate of drug-likeness (QED) is 0.826. The standard InChI is InChI=1S/C21H37N3O.Na/c1-16(2)23-9-7-22(8-10-24(12-11-23)17(3)4)15-20-14-18(5)13-19(6)21(20)25;/h13-14,16-17,25H,7-12,15H2,1-6H3;. The normalized spacial score (nSPS) is 18.5. The first-order chi connectivity index (χ1) is 11.8. The monoisotopic (exact) mass is 370 g/mol. The second-order valence-electron chi connectivity index (χ2n) is 8.13. The summed E-state index contributed by atoms with van der Waals surface area (Å²) in [7, 11) is 0. The van der Waals surface area contributed by atoms with Gasteiger partial charge in [-0.05, 0) is 47.1 Å². The minimum Gasteiger partial charge on any atom is -0.507 e. The Bertz CT molecular complexity index is 542. The SMILES string of the molecule is Cc1cc(C)c(O)c(CN2CCN(C(C)C)CCN(C(C)C)CC2)c1.[Na]. The predicted octanol–water partition coefficient (Wildman–Crippen LogP) is 2.86. The van der Waals surface area contributed by atoms with Crippen LogP contribution in [0.5, 0.6) is 5.75 Å². The van der Waals surface area contributed by atoms with Gasteiger partial charge in [0.15, 0.2) is 0 Å². The zero-order chi connectivity index (χ0) is 18.6. The van der Waals surface area contributed by atoms with Crippen molar-refractivity contribution in [1.29, 1.82) is 0 Å². The van der Waals surface area contributed by atoms with Gasteiger partial charge in [-0.15, -0.1) is 0 Å². The van der Waals surface area contributed by atoms with Gasteiger partial charge in [-0.1, -0.05) is 17.7 Å². The molecule has 0 aromatic heterocycles. The van der Waals surface area contributed by atoms with Gasteiger partial charge in [0, 0.05) is 93.0 Å². The summed E-state index contributed by atoms with van der Waals surface area (Å²) in [6, 6.07) is 5.33. The molecule has 0 amide bonds. The van der Waals surface area contributed by atoms with Crippen LogP contribution in [0.25, 0.3) is 0 Å². The first-order valence-corrected chi connectivity index (χ1v) is 9.77. The molecule has 1 saturated heterocycles. The number of benzene rings is 1. The molecule has 2 rings (SSSR count). The molecule has 0 saturated carbocycles. The number of aromatic hydroxyl groups is 1. The molecule has 5 heteroatoms. The summed E-state index contributed by atoms with van der Waals surface area (Å²) in [5.41, 5.74) is 3.26. The molecule has 1 aliphatic heterocycles. The molecule has 1 heterocycles. The number of phenols is 1. The third kappa shape index (κ3) is 6.81. The number of hydrogen-bond acceptors (Lipinski definition) is 4. The summed E-state index contributed by atoms with van der Waals surface area (Å²) >= 11 is 0. The number of rotatable bonds is 4. The van der Waals surface area contributed by atoms with Gasteiger partial charge < -0.3 is 5.11 Å². The molecular weight excluding hydrogens is 333 g/mol. The summed E-state index contributed by atoms with van der Waals surface area (Å²) in [5, 5.41) is 10.5. The minimum atomic E-state index is 0. The molecule has 1 fully saturated rings. The molecule has 1 aromatic rings. The van der Waals surface area contributed by atoms with E-state index >= 15 is 0 Å². The molecule has 0 aliphatic carbocycles. The molecule has 1 radical (unpaired) electrons. The van der Waals surface area contributed by atoms with E-state index in [0.717, 1.165) is 56.9 Å². The molecule has 0 bridgehead atoms. The first-order valence-electron chi connectivity index (χ1n) is 9.77. The number of nitrogens with zero attached hydrogens (tertiary/aromatic N) is 3. The van der Waals surface area contributed by atoms with E-state index in [-0.39, 0.29) is 29.6 Å². The largest absolute Gasteiger partial charge is 0.507 e. The van der Waals surface area contributed by atoms with Crippen LogP contribution in [0.1, 0.15) is 44.4 Å². The van der Waals surface area contributed by atoms with E-state index in [9.17, 15) is 5.11 Å².